The zero-order valence-electron chi connectivity index (χ0n) is 11.2. The van der Waals surface area contributed by atoms with E-state index < -0.39 is 0 Å². The number of fused-ring (bicyclic) bond motifs is 2. The van der Waals surface area contributed by atoms with Crippen LogP contribution in [-0.2, 0) is 0 Å². The van der Waals surface area contributed by atoms with Gasteiger partial charge >= 0.3 is 129 Å². The third-order valence-electron chi connectivity index (χ3n) is 3.69. The van der Waals surface area contributed by atoms with Crippen LogP contribution in [0.5, 0.6) is 0 Å². The predicted octanol–water partition coefficient (Wildman–Crippen LogP) is 3.41. The Bertz CT molecular complexity index is 887. The molecule has 0 N–H and O–H groups in total. The second kappa shape index (κ2) is 5.00. The molecule has 3 aromatic carbocycles. The molecule has 1 aliphatic heterocycles. The molecule has 0 atom stereocenters. The number of benzene rings is 3. The molecular formula is C19H12OSe. The Morgan fingerprint density at radius 3 is 2.48 bits per heavy atom. The van der Waals surface area contributed by atoms with Gasteiger partial charge in [0.2, 0.25) is 0 Å². The quantitative estimate of drug-likeness (QED) is 0.492. The van der Waals surface area contributed by atoms with Crippen LogP contribution in [0.1, 0.15) is 15.9 Å². The molecule has 0 unspecified atom stereocenters. The third kappa shape index (κ3) is 2.13. The van der Waals surface area contributed by atoms with E-state index in [1.165, 1.54) is 15.2 Å². The first kappa shape index (κ1) is 12.6. The second-order valence-electron chi connectivity index (χ2n) is 5.00. The summed E-state index contributed by atoms with van der Waals surface area (Å²) in [6.07, 6.45) is 2.07. The van der Waals surface area contributed by atoms with Crippen LogP contribution in [0, 0.1) is 0 Å². The summed E-state index contributed by atoms with van der Waals surface area (Å²) >= 11 is 0.116. The fourth-order valence-electron chi connectivity index (χ4n) is 2.65. The number of rotatable bonds is 1. The molecule has 4 rings (SSSR count). The van der Waals surface area contributed by atoms with Gasteiger partial charge in [0.1, 0.15) is 0 Å². The Balaban J connectivity index is 1.84. The van der Waals surface area contributed by atoms with Gasteiger partial charge in [-0.15, -0.1) is 0 Å². The summed E-state index contributed by atoms with van der Waals surface area (Å²) in [6.45, 7) is 0. The van der Waals surface area contributed by atoms with Crippen LogP contribution in [0.3, 0.4) is 0 Å². The van der Waals surface area contributed by atoms with E-state index >= 15 is 0 Å². The van der Waals surface area contributed by atoms with Crippen molar-refractivity contribution in [3.05, 3.63) is 82.3 Å². The van der Waals surface area contributed by atoms with Gasteiger partial charge in [-0.1, -0.05) is 0 Å². The van der Waals surface area contributed by atoms with Gasteiger partial charge in [0.15, 0.2) is 0 Å². The van der Waals surface area contributed by atoms with E-state index in [4.69, 9.17) is 0 Å². The van der Waals surface area contributed by atoms with Crippen molar-refractivity contribution in [1.82, 2.24) is 0 Å². The van der Waals surface area contributed by atoms with E-state index in [2.05, 4.69) is 36.4 Å². The molecule has 0 saturated carbocycles. The van der Waals surface area contributed by atoms with Crippen molar-refractivity contribution in [2.75, 3.05) is 0 Å². The summed E-state index contributed by atoms with van der Waals surface area (Å²) in [7, 11) is 0. The molecule has 1 nitrogen and oxygen atoms in total. The van der Waals surface area contributed by atoms with E-state index in [0.717, 1.165) is 15.6 Å². The molecule has 0 aromatic heterocycles. The molecule has 100 valence electrons. The number of allylic oxidation sites excluding steroid dienone is 1. The van der Waals surface area contributed by atoms with Gasteiger partial charge < -0.3 is 0 Å². The molecule has 3 aromatic rings. The van der Waals surface area contributed by atoms with Crippen LogP contribution in [0.2, 0.25) is 0 Å². The summed E-state index contributed by atoms with van der Waals surface area (Å²) in [6, 6.07) is 22.5. The summed E-state index contributed by atoms with van der Waals surface area (Å²) in [5.41, 5.74) is 2.01. The summed E-state index contributed by atoms with van der Waals surface area (Å²) < 4.78 is 2.14. The van der Waals surface area contributed by atoms with E-state index in [1.54, 1.807) is 0 Å². The van der Waals surface area contributed by atoms with Crippen LogP contribution < -0.4 is 4.46 Å². The first-order chi connectivity index (χ1) is 10.3. The van der Waals surface area contributed by atoms with Crippen LogP contribution >= 0.6 is 0 Å². The van der Waals surface area contributed by atoms with Gasteiger partial charge in [0, 0.05) is 0 Å². The van der Waals surface area contributed by atoms with Crippen molar-refractivity contribution < 1.29 is 4.79 Å². The number of ketones is 1. The van der Waals surface area contributed by atoms with Crippen molar-refractivity contribution in [3.8, 4) is 0 Å². The summed E-state index contributed by atoms with van der Waals surface area (Å²) in [5.74, 6) is 0.193. The molecule has 2 heteroatoms. The maximum atomic E-state index is 12.5. The van der Waals surface area contributed by atoms with Gasteiger partial charge in [-0.05, 0) is 0 Å². The number of Topliss-reactive ketones (excluding diaryl/α,β-unsaturated/α-hetero) is 1. The Kier molecular flexibility index (Phi) is 2.99. The molecule has 0 saturated heterocycles. The normalized spacial score (nSPS) is 15.6. The first-order valence-electron chi connectivity index (χ1n) is 6.84. The number of carbonyl (C=O) groups excluding carboxylic acids is 1. The second-order valence-corrected chi connectivity index (χ2v) is 7.28. The van der Waals surface area contributed by atoms with Crippen molar-refractivity contribution in [3.63, 3.8) is 0 Å². The molecule has 0 fully saturated rings. The van der Waals surface area contributed by atoms with Gasteiger partial charge in [-0.2, -0.15) is 0 Å². The average Bonchev–Trinajstić information content (AvgIpc) is 2.85. The maximum absolute atomic E-state index is 12.5. The topological polar surface area (TPSA) is 17.1 Å². The minimum absolute atomic E-state index is 0.116. The average molecular weight is 335 g/mol. The monoisotopic (exact) mass is 336 g/mol. The number of hydrogen-bond donors (Lipinski definition) is 0. The zero-order chi connectivity index (χ0) is 14.2. The van der Waals surface area contributed by atoms with Crippen LogP contribution in [-0.4, -0.2) is 20.7 Å². The SMILES string of the molecule is O=C1/C(=C/c2cccc3ccccc23)[Se]c2ccccc21. The van der Waals surface area contributed by atoms with E-state index in [0.29, 0.717) is 0 Å². The van der Waals surface area contributed by atoms with Crippen LogP contribution in [0.15, 0.2) is 71.2 Å². The first-order valence-corrected chi connectivity index (χ1v) is 8.55. The van der Waals surface area contributed by atoms with Crippen molar-refractivity contribution >= 4 is 42.1 Å². The standard InChI is InChI=1S/C19H12OSe/c20-19-16-10-3-4-11-17(16)21-18(19)12-14-8-5-7-13-6-1-2-9-15(13)14/h1-12H/b18-12-. The fraction of sp³-hybridized carbons (Fsp3) is 0. The van der Waals surface area contributed by atoms with E-state index in [-0.39, 0.29) is 20.7 Å². The van der Waals surface area contributed by atoms with Gasteiger partial charge in [-0.25, -0.2) is 0 Å². The van der Waals surface area contributed by atoms with Crippen LogP contribution in [0.4, 0.5) is 0 Å². The molecule has 0 spiro atoms. The molecule has 0 bridgehead atoms. The Hall–Kier alpha value is -2.15. The number of carbonyl (C=O) groups is 1. The molecule has 0 amide bonds. The van der Waals surface area contributed by atoms with E-state index in [1.807, 2.05) is 36.4 Å². The van der Waals surface area contributed by atoms with Crippen molar-refractivity contribution in [2.24, 2.45) is 0 Å². The molecular weight excluding hydrogens is 323 g/mol. The Morgan fingerprint density at radius 1 is 0.810 bits per heavy atom. The number of hydrogen-bond acceptors (Lipinski definition) is 1. The third-order valence-corrected chi connectivity index (χ3v) is 5.99. The van der Waals surface area contributed by atoms with Crippen LogP contribution in [0.25, 0.3) is 16.8 Å². The van der Waals surface area contributed by atoms with Gasteiger partial charge in [-0.3, -0.25) is 0 Å². The predicted molar refractivity (Wildman–Crippen MR) is 88.1 cm³/mol. The van der Waals surface area contributed by atoms with E-state index in [9.17, 15) is 4.79 Å². The van der Waals surface area contributed by atoms with Crippen molar-refractivity contribution in [2.45, 2.75) is 0 Å². The van der Waals surface area contributed by atoms with Gasteiger partial charge in [0.25, 0.3) is 0 Å². The Labute approximate surface area is 129 Å². The zero-order valence-corrected chi connectivity index (χ0v) is 13.0. The fourth-order valence-corrected chi connectivity index (χ4v) is 4.84. The molecule has 0 radical (unpaired) electrons. The summed E-state index contributed by atoms with van der Waals surface area (Å²) in [4.78, 5) is 12.5. The molecule has 21 heavy (non-hydrogen) atoms. The minimum atomic E-state index is 0.116. The summed E-state index contributed by atoms with van der Waals surface area (Å²) in [5, 5.41) is 2.41. The van der Waals surface area contributed by atoms with Crippen molar-refractivity contribution in [1.29, 1.82) is 0 Å². The molecule has 1 aliphatic rings. The van der Waals surface area contributed by atoms with Gasteiger partial charge in [0.05, 0.1) is 0 Å². The molecule has 0 aliphatic carbocycles. The Morgan fingerprint density at radius 2 is 1.57 bits per heavy atom. The molecule has 1 heterocycles.